The van der Waals surface area contributed by atoms with Crippen molar-refractivity contribution in [3.8, 4) is 11.5 Å². The summed E-state index contributed by atoms with van der Waals surface area (Å²) in [5.41, 5.74) is 0.612. The van der Waals surface area contributed by atoms with Gasteiger partial charge in [0.1, 0.15) is 6.10 Å². The van der Waals surface area contributed by atoms with E-state index in [1.807, 2.05) is 6.07 Å². The topological polar surface area (TPSA) is 44.8 Å². The third kappa shape index (κ3) is 2.83. The summed E-state index contributed by atoms with van der Waals surface area (Å²) in [6.07, 6.45) is 3.39. The Morgan fingerprint density at radius 3 is 2.50 bits per heavy atom. The molecule has 1 unspecified atom stereocenters. The summed E-state index contributed by atoms with van der Waals surface area (Å²) < 4.78 is 17.6. The van der Waals surface area contributed by atoms with Gasteiger partial charge in [-0.25, -0.2) is 0 Å². The van der Waals surface area contributed by atoms with E-state index < -0.39 is 0 Å². The number of Topliss-reactive ketones (excluding diaryl/α,β-unsaturated/α-hetero) is 1. The third-order valence-electron chi connectivity index (χ3n) is 3.57. The van der Waals surface area contributed by atoms with Gasteiger partial charge in [0.15, 0.2) is 17.3 Å². The number of hydrogen-bond donors (Lipinski definition) is 0. The molecule has 0 aromatic heterocycles. The van der Waals surface area contributed by atoms with Crippen molar-refractivity contribution in [1.29, 1.82) is 0 Å². The minimum absolute atomic E-state index is 0.0206. The molecule has 0 radical (unpaired) electrons. The van der Waals surface area contributed by atoms with E-state index in [0.29, 0.717) is 36.9 Å². The molecule has 0 bridgehead atoms. The van der Waals surface area contributed by atoms with Gasteiger partial charge >= 0.3 is 0 Å². The van der Waals surface area contributed by atoms with Gasteiger partial charge < -0.3 is 14.2 Å². The molecule has 0 saturated carbocycles. The number of hydrogen-bond acceptors (Lipinski definition) is 4. The summed E-state index contributed by atoms with van der Waals surface area (Å²) in [6.45, 7) is 1.92. The fourth-order valence-corrected chi connectivity index (χ4v) is 3.01. The Bertz CT molecular complexity index is 509. The molecular weight excluding hydrogens is 324 g/mol. The van der Waals surface area contributed by atoms with Gasteiger partial charge in [-0.3, -0.25) is 4.79 Å². The van der Waals surface area contributed by atoms with Crippen LogP contribution in [-0.4, -0.2) is 31.7 Å². The van der Waals surface area contributed by atoms with Gasteiger partial charge in [0.2, 0.25) is 0 Å². The second-order valence-corrected chi connectivity index (χ2v) is 5.90. The minimum Gasteiger partial charge on any atom is -0.490 e. The molecule has 2 heterocycles. The standard InChI is InChI=1S/C15H17BrO4/c16-11-9-14-13(19-6-3-7-20-14)8-10(11)15(17)12-4-1-2-5-18-12/h8-9,12H,1-7H2. The van der Waals surface area contributed by atoms with E-state index in [9.17, 15) is 4.79 Å². The number of ether oxygens (including phenoxy) is 3. The summed E-state index contributed by atoms with van der Waals surface area (Å²) in [6, 6.07) is 3.59. The molecule has 4 nitrogen and oxygen atoms in total. The SMILES string of the molecule is O=C(c1cc2c(cc1Br)OCCCO2)C1CCCCO1. The maximum atomic E-state index is 12.5. The zero-order valence-corrected chi connectivity index (χ0v) is 12.8. The first kappa shape index (κ1) is 13.9. The molecule has 0 aliphatic carbocycles. The van der Waals surface area contributed by atoms with E-state index in [2.05, 4.69) is 15.9 Å². The van der Waals surface area contributed by atoms with Crippen LogP contribution in [0.1, 0.15) is 36.0 Å². The molecule has 3 rings (SSSR count). The zero-order valence-electron chi connectivity index (χ0n) is 11.2. The lowest BCUT2D eigenvalue weighted by Gasteiger charge is -2.22. The Balaban J connectivity index is 1.88. The largest absolute Gasteiger partial charge is 0.490 e. The van der Waals surface area contributed by atoms with Crippen molar-refractivity contribution in [2.45, 2.75) is 31.8 Å². The lowest BCUT2D eigenvalue weighted by Crippen LogP contribution is -2.28. The molecule has 1 aromatic rings. The summed E-state index contributed by atoms with van der Waals surface area (Å²) >= 11 is 3.46. The predicted molar refractivity (Wildman–Crippen MR) is 77.7 cm³/mol. The maximum absolute atomic E-state index is 12.5. The second-order valence-electron chi connectivity index (χ2n) is 5.05. The van der Waals surface area contributed by atoms with Crippen molar-refractivity contribution < 1.29 is 19.0 Å². The molecular formula is C15H17BrO4. The van der Waals surface area contributed by atoms with Gasteiger partial charge in [0.05, 0.1) is 13.2 Å². The highest BCUT2D eigenvalue weighted by molar-refractivity contribution is 9.10. The van der Waals surface area contributed by atoms with E-state index in [0.717, 1.165) is 30.2 Å². The van der Waals surface area contributed by atoms with Gasteiger partial charge in [0, 0.05) is 23.1 Å². The van der Waals surface area contributed by atoms with Gasteiger partial charge in [-0.15, -0.1) is 0 Å². The van der Waals surface area contributed by atoms with Crippen LogP contribution in [0.4, 0.5) is 0 Å². The highest BCUT2D eigenvalue weighted by Gasteiger charge is 2.26. The molecule has 20 heavy (non-hydrogen) atoms. The van der Waals surface area contributed by atoms with Gasteiger partial charge in [-0.05, 0) is 47.3 Å². The van der Waals surface area contributed by atoms with Crippen LogP contribution in [0.5, 0.6) is 11.5 Å². The van der Waals surface area contributed by atoms with Crippen molar-refractivity contribution in [3.63, 3.8) is 0 Å². The highest BCUT2D eigenvalue weighted by Crippen LogP contribution is 2.36. The Kier molecular flexibility index (Phi) is 4.27. The lowest BCUT2D eigenvalue weighted by atomic mass is 9.99. The number of benzene rings is 1. The molecule has 0 N–H and O–H groups in total. The zero-order chi connectivity index (χ0) is 13.9. The number of ketones is 1. The number of halogens is 1. The van der Waals surface area contributed by atoms with Crippen LogP contribution in [0.25, 0.3) is 0 Å². The van der Waals surface area contributed by atoms with Crippen molar-refractivity contribution in [3.05, 3.63) is 22.2 Å². The van der Waals surface area contributed by atoms with Crippen molar-refractivity contribution in [2.24, 2.45) is 0 Å². The molecule has 1 atom stereocenters. The van der Waals surface area contributed by atoms with E-state index in [1.165, 1.54) is 0 Å². The number of fused-ring (bicyclic) bond motifs is 1. The molecule has 5 heteroatoms. The van der Waals surface area contributed by atoms with Crippen molar-refractivity contribution >= 4 is 21.7 Å². The first-order valence-electron chi connectivity index (χ1n) is 7.00. The third-order valence-corrected chi connectivity index (χ3v) is 4.23. The van der Waals surface area contributed by atoms with Crippen molar-refractivity contribution in [1.82, 2.24) is 0 Å². The Morgan fingerprint density at radius 2 is 1.80 bits per heavy atom. The van der Waals surface area contributed by atoms with E-state index in [4.69, 9.17) is 14.2 Å². The molecule has 2 aliphatic rings. The first-order chi connectivity index (χ1) is 9.75. The van der Waals surface area contributed by atoms with Crippen LogP contribution in [0.3, 0.4) is 0 Å². The summed E-state index contributed by atoms with van der Waals surface area (Å²) in [7, 11) is 0. The van der Waals surface area contributed by atoms with Crippen LogP contribution in [0.15, 0.2) is 16.6 Å². The minimum atomic E-state index is -0.329. The highest BCUT2D eigenvalue weighted by atomic mass is 79.9. The molecule has 2 aliphatic heterocycles. The number of carbonyl (C=O) groups is 1. The summed E-state index contributed by atoms with van der Waals surface area (Å²) in [4.78, 5) is 12.5. The van der Waals surface area contributed by atoms with Crippen LogP contribution in [0.2, 0.25) is 0 Å². The smallest absolute Gasteiger partial charge is 0.192 e. The average Bonchev–Trinajstić information content (AvgIpc) is 2.71. The molecule has 1 fully saturated rings. The van der Waals surface area contributed by atoms with Crippen LogP contribution in [-0.2, 0) is 4.74 Å². The quantitative estimate of drug-likeness (QED) is 0.774. The molecule has 0 amide bonds. The van der Waals surface area contributed by atoms with E-state index in [-0.39, 0.29) is 11.9 Å². The molecule has 108 valence electrons. The fraction of sp³-hybridized carbons (Fsp3) is 0.533. The molecule has 0 spiro atoms. The van der Waals surface area contributed by atoms with E-state index in [1.54, 1.807) is 6.07 Å². The predicted octanol–water partition coefficient (Wildman–Crippen LogP) is 3.36. The van der Waals surface area contributed by atoms with Gasteiger partial charge in [0.25, 0.3) is 0 Å². The Morgan fingerprint density at radius 1 is 1.05 bits per heavy atom. The van der Waals surface area contributed by atoms with Crippen LogP contribution < -0.4 is 9.47 Å². The monoisotopic (exact) mass is 340 g/mol. The first-order valence-corrected chi connectivity index (χ1v) is 7.80. The van der Waals surface area contributed by atoms with Crippen LogP contribution in [0, 0.1) is 0 Å². The van der Waals surface area contributed by atoms with E-state index >= 15 is 0 Å². The fourth-order valence-electron chi connectivity index (χ4n) is 2.49. The normalized spacial score (nSPS) is 22.1. The van der Waals surface area contributed by atoms with Gasteiger partial charge in [-0.1, -0.05) is 0 Å². The second kappa shape index (κ2) is 6.14. The summed E-state index contributed by atoms with van der Waals surface area (Å²) in [5, 5.41) is 0. The Labute approximate surface area is 126 Å². The Hall–Kier alpha value is -1.07. The summed E-state index contributed by atoms with van der Waals surface area (Å²) in [5.74, 6) is 1.35. The van der Waals surface area contributed by atoms with Crippen LogP contribution >= 0.6 is 15.9 Å². The van der Waals surface area contributed by atoms with Crippen molar-refractivity contribution in [2.75, 3.05) is 19.8 Å². The molecule has 1 saturated heterocycles. The van der Waals surface area contributed by atoms with Gasteiger partial charge in [-0.2, -0.15) is 0 Å². The number of rotatable bonds is 2. The average molecular weight is 341 g/mol. The number of carbonyl (C=O) groups excluding carboxylic acids is 1. The maximum Gasteiger partial charge on any atom is 0.192 e. The molecule has 1 aromatic carbocycles. The lowest BCUT2D eigenvalue weighted by molar-refractivity contribution is 0.0186.